The van der Waals surface area contributed by atoms with E-state index in [1.165, 1.54) is 4.57 Å². The standard InChI is InChI=1S/C27H26N4O5S/c1-17(18-9-14-23(35-3)24(15-18)36-4)29-30-25(32)16-37-27-28-22-8-6-5-7-21(22)26(33)31(27)19-10-12-20(34-2)13-11-19/h5-15H,16H2,1-4H3,(H,30,32). The third-order valence-electron chi connectivity index (χ3n) is 5.56. The van der Waals surface area contributed by atoms with Crippen molar-refractivity contribution in [3.8, 4) is 22.9 Å². The SMILES string of the molecule is COc1ccc(-n2c(SCC(=O)NN=C(C)c3ccc(OC)c(OC)c3)nc3ccccc3c2=O)cc1. The van der Waals surface area contributed by atoms with E-state index in [-0.39, 0.29) is 17.2 Å². The second-order valence-corrected chi connectivity index (χ2v) is 8.78. The number of hydrogen-bond acceptors (Lipinski definition) is 8. The molecular weight excluding hydrogens is 492 g/mol. The van der Waals surface area contributed by atoms with Crippen LogP contribution in [0.15, 0.2) is 81.8 Å². The maximum atomic E-state index is 13.4. The molecule has 1 amide bonds. The summed E-state index contributed by atoms with van der Waals surface area (Å²) in [6, 6.07) is 19.6. The lowest BCUT2D eigenvalue weighted by Crippen LogP contribution is -2.24. The molecule has 3 aromatic carbocycles. The number of hydrogen-bond donors (Lipinski definition) is 1. The van der Waals surface area contributed by atoms with Gasteiger partial charge >= 0.3 is 0 Å². The second-order valence-electron chi connectivity index (χ2n) is 7.84. The van der Waals surface area contributed by atoms with Crippen molar-refractivity contribution in [2.45, 2.75) is 12.1 Å². The molecule has 0 bridgehead atoms. The summed E-state index contributed by atoms with van der Waals surface area (Å²) in [6.07, 6.45) is 0. The van der Waals surface area contributed by atoms with Crippen LogP contribution in [0.3, 0.4) is 0 Å². The van der Waals surface area contributed by atoms with Crippen molar-refractivity contribution >= 4 is 34.3 Å². The third-order valence-corrected chi connectivity index (χ3v) is 6.50. The Kier molecular flexibility index (Phi) is 8.09. The fourth-order valence-corrected chi connectivity index (χ4v) is 4.41. The Morgan fingerprint density at radius 1 is 0.973 bits per heavy atom. The first kappa shape index (κ1) is 25.8. The molecule has 0 fully saturated rings. The molecule has 4 aromatic rings. The zero-order valence-electron chi connectivity index (χ0n) is 20.8. The Labute approximate surface area is 218 Å². The number of methoxy groups -OCH3 is 3. The number of rotatable bonds is 9. The normalized spacial score (nSPS) is 11.3. The minimum absolute atomic E-state index is 0.00362. The maximum Gasteiger partial charge on any atom is 0.266 e. The predicted molar refractivity (Wildman–Crippen MR) is 145 cm³/mol. The van der Waals surface area contributed by atoms with E-state index >= 15 is 0 Å². The molecule has 9 nitrogen and oxygen atoms in total. The molecule has 0 saturated carbocycles. The van der Waals surface area contributed by atoms with Crippen LogP contribution < -0.4 is 25.2 Å². The van der Waals surface area contributed by atoms with Crippen LogP contribution in [0.25, 0.3) is 16.6 Å². The van der Waals surface area contributed by atoms with Crippen LogP contribution in [0.4, 0.5) is 0 Å². The molecule has 4 rings (SSSR count). The first-order valence-electron chi connectivity index (χ1n) is 11.3. The van der Waals surface area contributed by atoms with Crippen LogP contribution in [0.1, 0.15) is 12.5 Å². The molecule has 0 unspecified atom stereocenters. The fraction of sp³-hybridized carbons (Fsp3) is 0.185. The largest absolute Gasteiger partial charge is 0.497 e. The van der Waals surface area contributed by atoms with Gasteiger partial charge in [-0.1, -0.05) is 23.9 Å². The number of hydrazone groups is 1. The molecule has 0 spiro atoms. The predicted octanol–water partition coefficient (Wildman–Crippen LogP) is 4.04. The van der Waals surface area contributed by atoms with E-state index in [1.807, 2.05) is 12.1 Å². The molecule has 10 heteroatoms. The van der Waals surface area contributed by atoms with Gasteiger partial charge in [0.2, 0.25) is 0 Å². The number of carbonyl (C=O) groups is 1. The summed E-state index contributed by atoms with van der Waals surface area (Å²) in [5, 5.41) is 5.09. The first-order valence-corrected chi connectivity index (χ1v) is 12.3. The van der Waals surface area contributed by atoms with Crippen molar-refractivity contribution in [3.05, 3.63) is 82.6 Å². The van der Waals surface area contributed by atoms with Crippen LogP contribution in [-0.4, -0.2) is 48.3 Å². The lowest BCUT2D eigenvalue weighted by molar-refractivity contribution is -0.118. The lowest BCUT2D eigenvalue weighted by atomic mass is 10.1. The number of nitrogens with one attached hydrogen (secondary N) is 1. The van der Waals surface area contributed by atoms with Gasteiger partial charge in [0.15, 0.2) is 16.7 Å². The molecule has 0 aliphatic carbocycles. The molecule has 0 atom stereocenters. The fourth-order valence-electron chi connectivity index (χ4n) is 3.60. The summed E-state index contributed by atoms with van der Waals surface area (Å²) in [5.74, 6) is 1.50. The van der Waals surface area contributed by atoms with E-state index in [1.54, 1.807) is 82.9 Å². The molecular formula is C27H26N4O5S. The zero-order chi connectivity index (χ0) is 26.4. The average molecular weight is 519 g/mol. The van der Waals surface area contributed by atoms with Gasteiger partial charge < -0.3 is 14.2 Å². The smallest absolute Gasteiger partial charge is 0.266 e. The van der Waals surface area contributed by atoms with Crippen LogP contribution >= 0.6 is 11.8 Å². The molecule has 0 saturated heterocycles. The molecule has 37 heavy (non-hydrogen) atoms. The summed E-state index contributed by atoms with van der Waals surface area (Å²) in [7, 11) is 4.70. The molecule has 190 valence electrons. The number of thioether (sulfide) groups is 1. The van der Waals surface area contributed by atoms with Gasteiger partial charge in [-0.05, 0) is 61.5 Å². The van der Waals surface area contributed by atoms with E-state index in [9.17, 15) is 9.59 Å². The minimum Gasteiger partial charge on any atom is -0.497 e. The van der Waals surface area contributed by atoms with Crippen molar-refractivity contribution < 1.29 is 19.0 Å². The van der Waals surface area contributed by atoms with Crippen molar-refractivity contribution in [3.63, 3.8) is 0 Å². The summed E-state index contributed by atoms with van der Waals surface area (Å²) in [6.45, 7) is 1.78. The molecule has 0 aliphatic rings. The minimum atomic E-state index is -0.339. The Morgan fingerprint density at radius 3 is 2.41 bits per heavy atom. The van der Waals surface area contributed by atoms with Crippen LogP contribution in [0, 0.1) is 0 Å². The quantitative estimate of drug-likeness (QED) is 0.154. The highest BCUT2D eigenvalue weighted by Crippen LogP contribution is 2.28. The Balaban J connectivity index is 1.55. The third kappa shape index (κ3) is 5.75. The molecule has 1 aromatic heterocycles. The summed E-state index contributed by atoms with van der Waals surface area (Å²) < 4.78 is 17.3. The highest BCUT2D eigenvalue weighted by atomic mass is 32.2. The van der Waals surface area contributed by atoms with Gasteiger partial charge in [0.25, 0.3) is 11.5 Å². The van der Waals surface area contributed by atoms with Crippen LogP contribution in [0.2, 0.25) is 0 Å². The van der Waals surface area contributed by atoms with Crippen molar-refractivity contribution in [1.29, 1.82) is 0 Å². The maximum absolute atomic E-state index is 13.4. The van der Waals surface area contributed by atoms with Gasteiger partial charge in [-0.25, -0.2) is 10.4 Å². The number of amides is 1. The van der Waals surface area contributed by atoms with Crippen LogP contribution in [0.5, 0.6) is 17.2 Å². The number of aromatic nitrogens is 2. The Bertz CT molecular complexity index is 1520. The number of ether oxygens (including phenoxy) is 3. The van der Waals surface area contributed by atoms with E-state index in [0.29, 0.717) is 44.7 Å². The average Bonchev–Trinajstić information content (AvgIpc) is 2.94. The van der Waals surface area contributed by atoms with E-state index < -0.39 is 0 Å². The lowest BCUT2D eigenvalue weighted by Gasteiger charge is -2.13. The highest BCUT2D eigenvalue weighted by Gasteiger charge is 2.15. The highest BCUT2D eigenvalue weighted by molar-refractivity contribution is 7.99. The molecule has 0 aliphatic heterocycles. The Morgan fingerprint density at radius 2 is 1.70 bits per heavy atom. The topological polar surface area (TPSA) is 104 Å². The Hall–Kier alpha value is -4.31. The molecule has 1 N–H and O–H groups in total. The van der Waals surface area contributed by atoms with Gasteiger partial charge in [-0.15, -0.1) is 0 Å². The molecule has 1 heterocycles. The number of benzene rings is 3. The number of nitrogens with zero attached hydrogens (tertiary/aromatic N) is 3. The zero-order valence-corrected chi connectivity index (χ0v) is 21.7. The summed E-state index contributed by atoms with van der Waals surface area (Å²) in [4.78, 5) is 30.7. The van der Waals surface area contributed by atoms with Crippen molar-refractivity contribution in [1.82, 2.24) is 15.0 Å². The van der Waals surface area contributed by atoms with Crippen molar-refractivity contribution in [2.24, 2.45) is 5.10 Å². The van der Waals surface area contributed by atoms with Gasteiger partial charge in [-0.2, -0.15) is 5.10 Å². The number of carbonyl (C=O) groups excluding carboxylic acids is 1. The first-order chi connectivity index (χ1) is 17.9. The van der Waals surface area contributed by atoms with E-state index in [0.717, 1.165) is 17.3 Å². The van der Waals surface area contributed by atoms with Gasteiger partial charge in [0.05, 0.1) is 49.4 Å². The van der Waals surface area contributed by atoms with Gasteiger partial charge in [0.1, 0.15) is 5.75 Å². The van der Waals surface area contributed by atoms with E-state index in [2.05, 4.69) is 15.5 Å². The summed E-state index contributed by atoms with van der Waals surface area (Å²) >= 11 is 1.15. The second kappa shape index (κ2) is 11.6. The van der Waals surface area contributed by atoms with Crippen molar-refractivity contribution in [2.75, 3.05) is 27.1 Å². The van der Waals surface area contributed by atoms with Gasteiger partial charge in [0, 0.05) is 5.56 Å². The van der Waals surface area contributed by atoms with Crippen LogP contribution in [-0.2, 0) is 4.79 Å². The summed E-state index contributed by atoms with van der Waals surface area (Å²) in [5.41, 5.74) is 4.89. The van der Waals surface area contributed by atoms with E-state index in [4.69, 9.17) is 14.2 Å². The van der Waals surface area contributed by atoms with Gasteiger partial charge in [-0.3, -0.25) is 14.2 Å². The number of para-hydroxylation sites is 1. The molecule has 0 radical (unpaired) electrons. The monoisotopic (exact) mass is 518 g/mol. The number of fused-ring (bicyclic) bond motifs is 1.